The first-order valence-corrected chi connectivity index (χ1v) is 6.35. The minimum Gasteiger partial charge on any atom is -0.388 e. The highest BCUT2D eigenvalue weighted by Crippen LogP contribution is 2.30. The lowest BCUT2D eigenvalue weighted by molar-refractivity contribution is -0.384. The van der Waals surface area contributed by atoms with E-state index in [0.29, 0.717) is 30.4 Å². The molecule has 112 valence electrons. The van der Waals surface area contributed by atoms with E-state index in [9.17, 15) is 15.2 Å². The van der Waals surface area contributed by atoms with E-state index in [1.165, 1.54) is 6.07 Å². The zero-order valence-corrected chi connectivity index (χ0v) is 11.8. The van der Waals surface area contributed by atoms with Crippen LogP contribution in [0.2, 0.25) is 0 Å². The molecule has 8 nitrogen and oxygen atoms in total. The van der Waals surface area contributed by atoms with E-state index >= 15 is 0 Å². The molecule has 0 bridgehead atoms. The molecular formula is C13H16N4O4. The van der Waals surface area contributed by atoms with Crippen LogP contribution in [0.15, 0.2) is 18.2 Å². The summed E-state index contributed by atoms with van der Waals surface area (Å²) >= 11 is 0. The Morgan fingerprint density at radius 2 is 2.19 bits per heavy atom. The van der Waals surface area contributed by atoms with Crippen molar-refractivity contribution >= 4 is 5.69 Å². The number of aliphatic hydroxyl groups excluding tert-OH is 1. The minimum absolute atomic E-state index is 0.0452. The Kier molecular flexibility index (Phi) is 4.61. The number of aromatic nitrogens is 3. The van der Waals surface area contributed by atoms with Gasteiger partial charge in [-0.1, -0.05) is 6.07 Å². The Labute approximate surface area is 121 Å². The molecule has 0 fully saturated rings. The number of hydrogen-bond acceptors (Lipinski definition) is 6. The number of nitro groups is 1. The number of nitro benzene ring substituents is 1. The number of hydrogen-bond donors (Lipinski definition) is 1. The van der Waals surface area contributed by atoms with Crippen molar-refractivity contribution in [1.29, 1.82) is 0 Å². The van der Waals surface area contributed by atoms with Gasteiger partial charge in [0.15, 0.2) is 11.6 Å². The van der Waals surface area contributed by atoms with Crippen LogP contribution in [0.25, 0.3) is 11.4 Å². The van der Waals surface area contributed by atoms with Crippen LogP contribution in [0.5, 0.6) is 0 Å². The predicted molar refractivity (Wildman–Crippen MR) is 74.6 cm³/mol. The lowest BCUT2D eigenvalue weighted by atomic mass is 10.1. The second-order valence-corrected chi connectivity index (χ2v) is 4.52. The lowest BCUT2D eigenvalue weighted by Crippen LogP contribution is -2.10. The third kappa shape index (κ3) is 3.06. The van der Waals surface area contributed by atoms with Crippen molar-refractivity contribution in [2.75, 3.05) is 13.7 Å². The molecule has 1 aromatic carbocycles. The third-order valence-corrected chi connectivity index (χ3v) is 3.08. The average molecular weight is 292 g/mol. The predicted octanol–water partition coefficient (Wildman–Crippen LogP) is 1.30. The number of ether oxygens (including phenoxy) is 1. The van der Waals surface area contributed by atoms with E-state index in [1.807, 2.05) is 6.92 Å². The van der Waals surface area contributed by atoms with Crippen LogP contribution in [-0.2, 0) is 17.9 Å². The van der Waals surface area contributed by atoms with Crippen molar-refractivity contribution in [3.05, 3.63) is 39.7 Å². The van der Waals surface area contributed by atoms with Crippen LogP contribution < -0.4 is 0 Å². The Balaban J connectivity index is 2.58. The maximum absolute atomic E-state index is 11.2. The van der Waals surface area contributed by atoms with Gasteiger partial charge < -0.3 is 14.4 Å². The number of nitrogens with zero attached hydrogens (tertiary/aromatic N) is 4. The number of aryl methyl sites for hydroxylation is 1. The second kappa shape index (κ2) is 6.42. The molecule has 8 heteroatoms. The first-order valence-electron chi connectivity index (χ1n) is 6.35. The third-order valence-electron chi connectivity index (χ3n) is 3.08. The largest absolute Gasteiger partial charge is 0.388 e. The summed E-state index contributed by atoms with van der Waals surface area (Å²) in [7, 11) is 1.55. The van der Waals surface area contributed by atoms with E-state index in [1.54, 1.807) is 23.8 Å². The summed E-state index contributed by atoms with van der Waals surface area (Å²) in [5.41, 5.74) is 1.21. The van der Waals surface area contributed by atoms with Crippen LogP contribution in [0.4, 0.5) is 5.69 Å². The molecule has 0 amide bonds. The highest BCUT2D eigenvalue weighted by molar-refractivity contribution is 5.69. The Morgan fingerprint density at radius 3 is 2.81 bits per heavy atom. The van der Waals surface area contributed by atoms with Gasteiger partial charge in [-0.25, -0.2) is 0 Å². The first kappa shape index (κ1) is 15.1. The molecule has 0 aliphatic rings. The van der Waals surface area contributed by atoms with Crippen LogP contribution in [0.1, 0.15) is 11.4 Å². The summed E-state index contributed by atoms with van der Waals surface area (Å²) in [6.45, 7) is 2.34. The minimum atomic E-state index is -0.456. The number of methoxy groups -OCH3 is 1. The molecule has 1 aromatic heterocycles. The molecule has 0 spiro atoms. The fourth-order valence-corrected chi connectivity index (χ4v) is 2.06. The Bertz CT molecular complexity index is 654. The molecule has 2 rings (SSSR count). The van der Waals surface area contributed by atoms with Gasteiger partial charge in [0.1, 0.15) is 6.61 Å². The molecule has 0 radical (unpaired) electrons. The van der Waals surface area contributed by atoms with Crippen LogP contribution >= 0.6 is 0 Å². The highest BCUT2D eigenvalue weighted by Gasteiger charge is 2.22. The van der Waals surface area contributed by atoms with E-state index in [-0.39, 0.29) is 12.3 Å². The molecule has 0 saturated heterocycles. The maximum Gasteiger partial charge on any atom is 0.280 e. The molecular weight excluding hydrogens is 276 g/mol. The number of benzene rings is 1. The normalized spacial score (nSPS) is 10.8. The van der Waals surface area contributed by atoms with Crippen LogP contribution in [0, 0.1) is 17.0 Å². The number of rotatable bonds is 6. The van der Waals surface area contributed by atoms with E-state index < -0.39 is 4.92 Å². The molecule has 1 N–H and O–H groups in total. The molecule has 0 aliphatic heterocycles. The van der Waals surface area contributed by atoms with Gasteiger partial charge in [-0.05, 0) is 18.6 Å². The van der Waals surface area contributed by atoms with Crippen molar-refractivity contribution in [2.45, 2.75) is 20.1 Å². The summed E-state index contributed by atoms with van der Waals surface area (Å²) in [4.78, 5) is 10.7. The topological polar surface area (TPSA) is 103 Å². The SMILES string of the molecule is COCCn1c(CO)nnc1-c1cc(C)ccc1[N+](=O)[O-]. The van der Waals surface area contributed by atoms with Crippen LogP contribution in [-0.4, -0.2) is 38.5 Å². The van der Waals surface area contributed by atoms with Gasteiger partial charge in [-0.15, -0.1) is 10.2 Å². The summed E-state index contributed by atoms with van der Waals surface area (Å²) in [5.74, 6) is 0.698. The van der Waals surface area contributed by atoms with Gasteiger partial charge in [0, 0.05) is 19.7 Å². The molecule has 2 aromatic rings. The highest BCUT2D eigenvalue weighted by atomic mass is 16.6. The van der Waals surface area contributed by atoms with E-state index in [4.69, 9.17) is 4.74 Å². The molecule has 21 heavy (non-hydrogen) atoms. The van der Waals surface area contributed by atoms with Crippen molar-refractivity contribution in [3.63, 3.8) is 0 Å². The van der Waals surface area contributed by atoms with Gasteiger partial charge in [-0.2, -0.15) is 0 Å². The van der Waals surface area contributed by atoms with Gasteiger partial charge >= 0.3 is 0 Å². The smallest absolute Gasteiger partial charge is 0.280 e. The number of aliphatic hydroxyl groups is 1. The van der Waals surface area contributed by atoms with Crippen molar-refractivity contribution in [3.8, 4) is 11.4 Å². The van der Waals surface area contributed by atoms with Gasteiger partial charge in [0.05, 0.1) is 17.1 Å². The summed E-state index contributed by atoms with van der Waals surface area (Å²) < 4.78 is 6.65. The van der Waals surface area contributed by atoms with E-state index in [0.717, 1.165) is 5.56 Å². The zero-order valence-electron chi connectivity index (χ0n) is 11.8. The maximum atomic E-state index is 11.2. The molecule has 0 unspecified atom stereocenters. The van der Waals surface area contributed by atoms with Crippen molar-refractivity contribution in [1.82, 2.24) is 14.8 Å². The van der Waals surface area contributed by atoms with Gasteiger partial charge in [-0.3, -0.25) is 10.1 Å². The van der Waals surface area contributed by atoms with Crippen molar-refractivity contribution in [2.24, 2.45) is 0 Å². The monoisotopic (exact) mass is 292 g/mol. The fourth-order valence-electron chi connectivity index (χ4n) is 2.06. The molecule has 0 atom stereocenters. The van der Waals surface area contributed by atoms with Gasteiger partial charge in [0.25, 0.3) is 5.69 Å². The average Bonchev–Trinajstić information content (AvgIpc) is 2.87. The Hall–Kier alpha value is -2.32. The van der Waals surface area contributed by atoms with Crippen LogP contribution in [0.3, 0.4) is 0 Å². The summed E-state index contributed by atoms with van der Waals surface area (Å²) in [6, 6.07) is 4.80. The lowest BCUT2D eigenvalue weighted by Gasteiger charge is -2.09. The van der Waals surface area contributed by atoms with Crippen molar-refractivity contribution < 1.29 is 14.8 Å². The van der Waals surface area contributed by atoms with E-state index in [2.05, 4.69) is 10.2 Å². The quantitative estimate of drug-likeness (QED) is 0.635. The first-order chi connectivity index (χ1) is 10.1. The van der Waals surface area contributed by atoms with Gasteiger partial charge in [0.2, 0.25) is 0 Å². The molecule has 1 heterocycles. The summed E-state index contributed by atoms with van der Waals surface area (Å²) in [6.07, 6.45) is 0. The fraction of sp³-hybridized carbons (Fsp3) is 0.385. The molecule has 0 saturated carbocycles. The Morgan fingerprint density at radius 1 is 1.43 bits per heavy atom. The standard InChI is InChI=1S/C13H16N4O4/c1-9-3-4-11(17(19)20)10(7-9)13-15-14-12(8-18)16(13)5-6-21-2/h3-4,7,18H,5-6,8H2,1-2H3. The summed E-state index contributed by atoms with van der Waals surface area (Å²) in [5, 5.41) is 28.4. The molecule has 0 aliphatic carbocycles. The zero-order chi connectivity index (χ0) is 15.4. The second-order valence-electron chi connectivity index (χ2n) is 4.52.